The number of amides is 1. The van der Waals surface area contributed by atoms with Crippen molar-refractivity contribution in [2.75, 3.05) is 5.32 Å². The molecule has 0 aliphatic heterocycles. The molecule has 0 aliphatic carbocycles. The highest BCUT2D eigenvalue weighted by Crippen LogP contribution is 2.29. The second-order valence-electron chi connectivity index (χ2n) is 6.00. The van der Waals surface area contributed by atoms with Gasteiger partial charge in [0.25, 0.3) is 0 Å². The summed E-state index contributed by atoms with van der Waals surface area (Å²) >= 11 is 5.85. The van der Waals surface area contributed by atoms with E-state index in [0.29, 0.717) is 11.6 Å². The van der Waals surface area contributed by atoms with Crippen LogP contribution >= 0.6 is 11.6 Å². The van der Waals surface area contributed by atoms with Gasteiger partial charge in [-0.3, -0.25) is 19.6 Å². The van der Waals surface area contributed by atoms with Crippen LogP contribution in [0.15, 0.2) is 36.5 Å². The minimum atomic E-state index is -0.960. The minimum absolute atomic E-state index is 0.0925. The number of rotatable bonds is 7. The molecule has 150 valence electrons. The molecule has 0 aliphatic rings. The summed E-state index contributed by atoms with van der Waals surface area (Å²) in [6, 6.07) is 8.79. The molecule has 0 atom stereocenters. The van der Waals surface area contributed by atoms with Gasteiger partial charge >= 0.3 is 11.5 Å². The van der Waals surface area contributed by atoms with E-state index < -0.39 is 33.8 Å². The summed E-state index contributed by atoms with van der Waals surface area (Å²) in [6.45, 7) is 1.31. The highest BCUT2D eigenvalue weighted by Gasteiger charge is 2.35. The van der Waals surface area contributed by atoms with Crippen LogP contribution < -0.4 is 5.32 Å². The van der Waals surface area contributed by atoms with Crippen LogP contribution in [0.4, 0.5) is 17.3 Å². The Hall–Kier alpha value is -3.80. The molecule has 0 radical (unpaired) electrons. The Morgan fingerprint density at radius 3 is 2.41 bits per heavy atom. The first-order chi connectivity index (χ1) is 13.7. The quantitative estimate of drug-likeness (QED) is 0.456. The van der Waals surface area contributed by atoms with E-state index in [2.05, 4.69) is 15.5 Å². The normalized spacial score (nSPS) is 10.7. The molecule has 2 heterocycles. The SMILES string of the molecule is Cc1c([N+](=O)[O-])c([N+](=O)[O-])nn1CC(=O)Nc1ccn(Cc2ccc(Cl)cc2)n1. The van der Waals surface area contributed by atoms with Gasteiger partial charge in [0.05, 0.1) is 16.6 Å². The maximum atomic E-state index is 12.2. The molecular weight excluding hydrogens is 406 g/mol. The van der Waals surface area contributed by atoms with Gasteiger partial charge in [0.1, 0.15) is 12.2 Å². The van der Waals surface area contributed by atoms with E-state index in [9.17, 15) is 25.0 Å². The first kappa shape index (κ1) is 19.9. The molecule has 0 saturated heterocycles. The number of benzene rings is 1. The number of nitro groups is 2. The third kappa shape index (κ3) is 4.55. The fourth-order valence-corrected chi connectivity index (χ4v) is 2.75. The van der Waals surface area contributed by atoms with E-state index >= 15 is 0 Å². The van der Waals surface area contributed by atoms with Crippen LogP contribution in [0.2, 0.25) is 5.02 Å². The maximum Gasteiger partial charge on any atom is 0.468 e. The molecule has 1 aromatic carbocycles. The Labute approximate surface area is 168 Å². The molecule has 2 aromatic heterocycles. The Kier molecular flexibility index (Phi) is 5.54. The molecule has 29 heavy (non-hydrogen) atoms. The Balaban J connectivity index is 1.68. The topological polar surface area (TPSA) is 151 Å². The average Bonchev–Trinajstić information content (AvgIpc) is 3.21. The lowest BCUT2D eigenvalue weighted by Crippen LogP contribution is -2.20. The summed E-state index contributed by atoms with van der Waals surface area (Å²) in [5.41, 5.74) is 0.127. The molecule has 1 amide bonds. The van der Waals surface area contributed by atoms with Gasteiger partial charge in [-0.05, 0) is 29.5 Å². The molecule has 0 unspecified atom stereocenters. The van der Waals surface area contributed by atoms with Crippen LogP contribution in [-0.4, -0.2) is 35.3 Å². The van der Waals surface area contributed by atoms with Crippen molar-refractivity contribution in [1.29, 1.82) is 0 Å². The number of halogens is 1. The molecule has 0 bridgehead atoms. The zero-order valence-corrected chi connectivity index (χ0v) is 15.7. The summed E-state index contributed by atoms with van der Waals surface area (Å²) in [7, 11) is 0. The van der Waals surface area contributed by atoms with Gasteiger partial charge in [-0.15, -0.1) is 0 Å². The largest absolute Gasteiger partial charge is 0.468 e. The summed E-state index contributed by atoms with van der Waals surface area (Å²) < 4.78 is 2.52. The van der Waals surface area contributed by atoms with Crippen molar-refractivity contribution in [2.45, 2.75) is 20.0 Å². The maximum absolute atomic E-state index is 12.2. The van der Waals surface area contributed by atoms with Gasteiger partial charge < -0.3 is 15.4 Å². The van der Waals surface area contributed by atoms with Crippen molar-refractivity contribution < 1.29 is 14.6 Å². The lowest BCUT2D eigenvalue weighted by Gasteiger charge is -2.03. The van der Waals surface area contributed by atoms with Crippen LogP contribution in [0.25, 0.3) is 0 Å². The van der Waals surface area contributed by atoms with Crippen LogP contribution in [0.5, 0.6) is 0 Å². The number of carbonyl (C=O) groups is 1. The van der Waals surface area contributed by atoms with Gasteiger partial charge in [0.2, 0.25) is 5.91 Å². The van der Waals surface area contributed by atoms with Crippen molar-refractivity contribution in [1.82, 2.24) is 19.6 Å². The van der Waals surface area contributed by atoms with E-state index in [1.54, 1.807) is 29.1 Å². The lowest BCUT2D eigenvalue weighted by molar-refractivity contribution is -0.424. The fourth-order valence-electron chi connectivity index (χ4n) is 2.62. The standard InChI is InChI=1S/C16H14ClN7O5/c1-10-15(23(26)27)16(24(28)29)20-22(10)9-14(25)18-13-6-7-21(19-13)8-11-2-4-12(17)5-3-11/h2-7H,8-9H2,1H3,(H,18,19,25). The number of nitrogens with one attached hydrogen (secondary N) is 1. The zero-order chi connectivity index (χ0) is 21.1. The number of aromatic nitrogens is 4. The first-order valence-electron chi connectivity index (χ1n) is 8.18. The van der Waals surface area contributed by atoms with Gasteiger partial charge in [-0.25, -0.2) is 0 Å². The van der Waals surface area contributed by atoms with Gasteiger partial charge in [0, 0.05) is 17.3 Å². The lowest BCUT2D eigenvalue weighted by atomic mass is 10.2. The minimum Gasteiger partial charge on any atom is -0.358 e. The number of anilines is 1. The van der Waals surface area contributed by atoms with E-state index in [4.69, 9.17) is 11.6 Å². The van der Waals surface area contributed by atoms with E-state index in [0.717, 1.165) is 10.2 Å². The molecule has 13 heteroatoms. The number of carbonyl (C=O) groups excluding carboxylic acids is 1. The second-order valence-corrected chi connectivity index (χ2v) is 6.44. The molecule has 3 aromatic rings. The molecule has 0 saturated carbocycles. The Morgan fingerprint density at radius 1 is 1.14 bits per heavy atom. The van der Waals surface area contributed by atoms with Crippen LogP contribution in [-0.2, 0) is 17.9 Å². The fraction of sp³-hybridized carbons (Fsp3) is 0.188. The molecule has 12 nitrogen and oxygen atoms in total. The second kappa shape index (κ2) is 8.06. The van der Waals surface area contributed by atoms with Crippen LogP contribution in [0.1, 0.15) is 11.3 Å². The molecule has 3 rings (SSSR count). The van der Waals surface area contributed by atoms with Gasteiger partial charge in [-0.1, -0.05) is 23.7 Å². The van der Waals surface area contributed by atoms with E-state index in [-0.39, 0.29) is 11.5 Å². The summed E-state index contributed by atoms with van der Waals surface area (Å²) in [5, 5.41) is 32.9. The molecular formula is C16H14ClN7O5. The predicted molar refractivity (Wildman–Crippen MR) is 102 cm³/mol. The Morgan fingerprint density at radius 2 is 1.83 bits per heavy atom. The van der Waals surface area contributed by atoms with Crippen molar-refractivity contribution >= 4 is 34.8 Å². The highest BCUT2D eigenvalue weighted by molar-refractivity contribution is 6.30. The first-order valence-corrected chi connectivity index (χ1v) is 8.56. The molecule has 1 N–H and O–H groups in total. The van der Waals surface area contributed by atoms with Crippen LogP contribution in [0.3, 0.4) is 0 Å². The average molecular weight is 420 g/mol. The zero-order valence-electron chi connectivity index (χ0n) is 15.0. The van der Waals surface area contributed by atoms with Gasteiger partial charge in [-0.2, -0.15) is 9.78 Å². The van der Waals surface area contributed by atoms with E-state index in [1.807, 2.05) is 12.1 Å². The Bertz CT molecular complexity index is 1090. The third-order valence-electron chi connectivity index (χ3n) is 3.97. The molecule has 0 fully saturated rings. The number of nitrogens with zero attached hydrogens (tertiary/aromatic N) is 6. The monoisotopic (exact) mass is 419 g/mol. The van der Waals surface area contributed by atoms with Crippen LogP contribution in [0, 0.1) is 27.2 Å². The summed E-state index contributed by atoms with van der Waals surface area (Å²) in [6.07, 6.45) is 1.67. The third-order valence-corrected chi connectivity index (χ3v) is 4.22. The van der Waals surface area contributed by atoms with Gasteiger partial charge in [0.15, 0.2) is 5.82 Å². The summed E-state index contributed by atoms with van der Waals surface area (Å²) in [5.74, 6) is -1.23. The highest BCUT2D eigenvalue weighted by atomic mass is 35.5. The molecule has 0 spiro atoms. The number of hydrogen-bond donors (Lipinski definition) is 1. The van der Waals surface area contributed by atoms with Crippen molar-refractivity contribution in [3.8, 4) is 0 Å². The predicted octanol–water partition coefficient (Wildman–Crippen LogP) is 2.54. The van der Waals surface area contributed by atoms with Crippen molar-refractivity contribution in [2.24, 2.45) is 0 Å². The summed E-state index contributed by atoms with van der Waals surface area (Å²) in [4.78, 5) is 32.3. The van der Waals surface area contributed by atoms with E-state index in [1.165, 1.54) is 6.92 Å². The smallest absolute Gasteiger partial charge is 0.358 e. The number of hydrogen-bond acceptors (Lipinski definition) is 7. The van der Waals surface area contributed by atoms with Crippen molar-refractivity contribution in [3.05, 3.63) is 73.0 Å². The van der Waals surface area contributed by atoms with Crippen molar-refractivity contribution in [3.63, 3.8) is 0 Å².